The average Bonchev–Trinajstić information content (AvgIpc) is 2.63. The van der Waals surface area contributed by atoms with Gasteiger partial charge in [0.1, 0.15) is 0 Å². The van der Waals surface area contributed by atoms with E-state index in [-0.39, 0.29) is 12.0 Å². The number of hydrogen-bond acceptors (Lipinski definition) is 3. The molecule has 4 nitrogen and oxygen atoms in total. The van der Waals surface area contributed by atoms with Crippen LogP contribution in [0.15, 0.2) is 18.5 Å². The van der Waals surface area contributed by atoms with Gasteiger partial charge >= 0.3 is 0 Å². The molecule has 4 heteroatoms. The number of anilines is 1. The van der Waals surface area contributed by atoms with Crippen molar-refractivity contribution in [1.29, 1.82) is 0 Å². The molecule has 1 aliphatic heterocycles. The van der Waals surface area contributed by atoms with Crippen molar-refractivity contribution >= 4 is 5.69 Å². The summed E-state index contributed by atoms with van der Waals surface area (Å²) >= 11 is 0. The molecule has 2 heterocycles. The number of nitrogens with one attached hydrogen (secondary N) is 1. The van der Waals surface area contributed by atoms with Gasteiger partial charge in [0.2, 0.25) is 0 Å². The Morgan fingerprint density at radius 2 is 2.43 bits per heavy atom. The quantitative estimate of drug-likeness (QED) is 0.735. The summed E-state index contributed by atoms with van der Waals surface area (Å²) in [7, 11) is 2.03. The molecule has 0 spiro atoms. The van der Waals surface area contributed by atoms with Crippen LogP contribution in [0.4, 0.5) is 5.69 Å². The van der Waals surface area contributed by atoms with Crippen LogP contribution in [0.3, 0.4) is 0 Å². The maximum Gasteiger partial charge on any atom is 0.0584 e. The molecule has 1 aromatic heterocycles. The van der Waals surface area contributed by atoms with E-state index in [4.69, 9.17) is 4.74 Å². The van der Waals surface area contributed by atoms with E-state index in [9.17, 15) is 5.11 Å². The Labute approximate surface area is 83.5 Å². The number of ether oxygens (including phenoxy) is 1. The fourth-order valence-electron chi connectivity index (χ4n) is 1.77. The van der Waals surface area contributed by atoms with Crippen molar-refractivity contribution in [3.05, 3.63) is 18.5 Å². The highest BCUT2D eigenvalue weighted by atomic mass is 16.5. The number of nitrogens with zero attached hydrogens (tertiary/aromatic N) is 1. The summed E-state index contributed by atoms with van der Waals surface area (Å²) in [6.07, 6.45) is 3.85. The Morgan fingerprint density at radius 3 is 2.86 bits per heavy atom. The lowest BCUT2D eigenvalue weighted by atomic mass is 9.86. The maximum absolute atomic E-state index is 9.27. The predicted molar refractivity (Wildman–Crippen MR) is 54.4 cm³/mol. The van der Waals surface area contributed by atoms with Gasteiger partial charge in [-0.1, -0.05) is 0 Å². The summed E-state index contributed by atoms with van der Waals surface area (Å²) < 4.78 is 5.15. The molecule has 1 fully saturated rings. The summed E-state index contributed by atoms with van der Waals surface area (Å²) in [6, 6.07) is 2.02. The van der Waals surface area contributed by atoms with Crippen LogP contribution in [-0.4, -0.2) is 43.5 Å². The fraction of sp³-hybridized carbons (Fsp3) is 0.600. The zero-order valence-electron chi connectivity index (χ0n) is 8.36. The van der Waals surface area contributed by atoms with Crippen molar-refractivity contribution in [1.82, 2.24) is 4.98 Å². The summed E-state index contributed by atoms with van der Waals surface area (Å²) in [5.41, 5.74) is 1.09. The molecule has 0 radical (unpaired) electrons. The zero-order valence-corrected chi connectivity index (χ0v) is 8.36. The Kier molecular flexibility index (Phi) is 2.48. The SMILES string of the molecule is CN(CC1(CO)COC1)c1cc[nH]c1. The molecule has 0 bridgehead atoms. The lowest BCUT2D eigenvalue weighted by molar-refractivity contribution is -0.130. The molecule has 0 saturated carbocycles. The molecule has 2 rings (SSSR count). The Hall–Kier alpha value is -1.00. The van der Waals surface area contributed by atoms with E-state index in [0.29, 0.717) is 13.2 Å². The van der Waals surface area contributed by atoms with Crippen molar-refractivity contribution in [3.63, 3.8) is 0 Å². The number of aromatic amines is 1. The number of aliphatic hydroxyl groups is 1. The van der Waals surface area contributed by atoms with E-state index in [2.05, 4.69) is 9.88 Å². The minimum Gasteiger partial charge on any atom is -0.396 e. The van der Waals surface area contributed by atoms with Crippen LogP contribution in [0.5, 0.6) is 0 Å². The number of aromatic nitrogens is 1. The van der Waals surface area contributed by atoms with E-state index in [1.54, 1.807) is 0 Å². The summed E-state index contributed by atoms with van der Waals surface area (Å²) in [5, 5.41) is 9.27. The van der Waals surface area contributed by atoms with Gasteiger partial charge in [0.25, 0.3) is 0 Å². The highest BCUT2D eigenvalue weighted by molar-refractivity contribution is 5.43. The van der Waals surface area contributed by atoms with Crippen molar-refractivity contribution < 1.29 is 9.84 Å². The first-order valence-corrected chi connectivity index (χ1v) is 4.78. The molecule has 0 atom stereocenters. The third-order valence-electron chi connectivity index (χ3n) is 2.75. The number of hydrogen-bond donors (Lipinski definition) is 2. The number of aliphatic hydroxyl groups excluding tert-OH is 1. The van der Waals surface area contributed by atoms with Gasteiger partial charge in [-0.15, -0.1) is 0 Å². The van der Waals surface area contributed by atoms with Gasteiger partial charge in [0.15, 0.2) is 0 Å². The summed E-state index contributed by atoms with van der Waals surface area (Å²) in [4.78, 5) is 5.15. The van der Waals surface area contributed by atoms with Gasteiger partial charge in [-0.25, -0.2) is 0 Å². The van der Waals surface area contributed by atoms with Crippen molar-refractivity contribution in [2.75, 3.05) is 38.3 Å². The molecule has 2 N–H and O–H groups in total. The van der Waals surface area contributed by atoms with Gasteiger partial charge in [-0.3, -0.25) is 0 Å². The molecule has 1 aliphatic rings. The fourth-order valence-corrected chi connectivity index (χ4v) is 1.77. The largest absolute Gasteiger partial charge is 0.396 e. The standard InChI is InChI=1S/C10H16N2O2/c1-12(9-2-3-11-4-9)5-10(6-13)7-14-8-10/h2-4,11,13H,5-8H2,1H3. The normalized spacial score (nSPS) is 19.0. The smallest absolute Gasteiger partial charge is 0.0584 e. The Balaban J connectivity index is 1.97. The molecule has 0 amide bonds. The Bertz CT molecular complexity index is 275. The topological polar surface area (TPSA) is 48.5 Å². The second kappa shape index (κ2) is 3.63. The zero-order chi connectivity index (χ0) is 10.0. The first-order chi connectivity index (χ1) is 6.76. The first-order valence-electron chi connectivity index (χ1n) is 4.78. The van der Waals surface area contributed by atoms with E-state index in [1.165, 1.54) is 0 Å². The van der Waals surface area contributed by atoms with Gasteiger partial charge in [-0.2, -0.15) is 0 Å². The number of H-pyrrole nitrogens is 1. The highest BCUT2D eigenvalue weighted by Crippen LogP contribution is 2.29. The third kappa shape index (κ3) is 1.63. The van der Waals surface area contributed by atoms with Crippen LogP contribution < -0.4 is 4.90 Å². The predicted octanol–water partition coefficient (Wildman–Crippen LogP) is 0.460. The van der Waals surface area contributed by atoms with Crippen LogP contribution in [0.2, 0.25) is 0 Å². The molecule has 0 aliphatic carbocycles. The average molecular weight is 196 g/mol. The summed E-state index contributed by atoms with van der Waals surface area (Å²) in [5.74, 6) is 0. The minimum atomic E-state index is -0.0496. The lowest BCUT2D eigenvalue weighted by Gasteiger charge is -2.42. The minimum absolute atomic E-state index is 0.0496. The van der Waals surface area contributed by atoms with Crippen LogP contribution >= 0.6 is 0 Å². The van der Waals surface area contributed by atoms with E-state index < -0.39 is 0 Å². The molecule has 1 aromatic rings. The molecular formula is C10H16N2O2. The molecule has 1 saturated heterocycles. The Morgan fingerprint density at radius 1 is 1.64 bits per heavy atom. The van der Waals surface area contributed by atoms with Gasteiger partial charge in [0, 0.05) is 26.0 Å². The van der Waals surface area contributed by atoms with Gasteiger partial charge < -0.3 is 19.7 Å². The molecule has 78 valence electrons. The lowest BCUT2D eigenvalue weighted by Crippen LogP contribution is -2.52. The summed E-state index contributed by atoms with van der Waals surface area (Å²) in [6.45, 7) is 2.36. The van der Waals surface area contributed by atoms with Crippen LogP contribution in [0.1, 0.15) is 0 Å². The first kappa shape index (κ1) is 9.55. The van der Waals surface area contributed by atoms with Crippen LogP contribution in [0.25, 0.3) is 0 Å². The van der Waals surface area contributed by atoms with Crippen molar-refractivity contribution in [2.45, 2.75) is 0 Å². The number of rotatable bonds is 4. The third-order valence-corrected chi connectivity index (χ3v) is 2.75. The molecule has 0 aromatic carbocycles. The van der Waals surface area contributed by atoms with Gasteiger partial charge in [-0.05, 0) is 6.07 Å². The molecule has 0 unspecified atom stereocenters. The van der Waals surface area contributed by atoms with E-state index in [1.807, 2.05) is 25.5 Å². The molecular weight excluding hydrogens is 180 g/mol. The second-order valence-corrected chi connectivity index (χ2v) is 4.08. The van der Waals surface area contributed by atoms with Crippen molar-refractivity contribution in [2.24, 2.45) is 5.41 Å². The van der Waals surface area contributed by atoms with Crippen molar-refractivity contribution in [3.8, 4) is 0 Å². The second-order valence-electron chi connectivity index (χ2n) is 4.08. The highest BCUT2D eigenvalue weighted by Gasteiger charge is 2.39. The maximum atomic E-state index is 9.27. The molecule has 14 heavy (non-hydrogen) atoms. The van der Waals surface area contributed by atoms with Crippen LogP contribution in [0, 0.1) is 5.41 Å². The van der Waals surface area contributed by atoms with Gasteiger partial charge in [0.05, 0.1) is 30.9 Å². The van der Waals surface area contributed by atoms with E-state index >= 15 is 0 Å². The van der Waals surface area contributed by atoms with Crippen LogP contribution in [-0.2, 0) is 4.74 Å². The monoisotopic (exact) mass is 196 g/mol. The van der Waals surface area contributed by atoms with E-state index in [0.717, 1.165) is 12.2 Å².